The molecule has 0 aromatic carbocycles. The summed E-state index contributed by atoms with van der Waals surface area (Å²) in [6.07, 6.45) is 2.02. The second-order valence-electron chi connectivity index (χ2n) is 4.46. The molecule has 1 saturated heterocycles. The van der Waals surface area contributed by atoms with Gasteiger partial charge < -0.3 is 15.0 Å². The summed E-state index contributed by atoms with van der Waals surface area (Å²) in [7, 11) is 1.61. The number of carbonyl (C=O) groups is 1. The molecular weight excluding hydrogens is 248 g/mol. The minimum atomic E-state index is 0.109. The van der Waals surface area contributed by atoms with Crippen molar-refractivity contribution in [3.8, 4) is 5.75 Å². The van der Waals surface area contributed by atoms with Crippen molar-refractivity contribution >= 4 is 17.2 Å². The summed E-state index contributed by atoms with van der Waals surface area (Å²) in [5.41, 5.74) is 0. The van der Waals surface area contributed by atoms with Gasteiger partial charge in [0.05, 0.1) is 7.11 Å². The standard InChI is InChI=1S/C13H20N2O2S/c1-3-7-15(10-4-6-14-9-10)13(16)12-11(17-2)5-8-18-12/h5,8,10,14H,3-4,6-7,9H2,1-2H3. The SMILES string of the molecule is CCCN(C(=O)c1sccc1OC)C1CCNC1. The van der Waals surface area contributed by atoms with E-state index in [1.54, 1.807) is 7.11 Å². The number of thiophene rings is 1. The average molecular weight is 268 g/mol. The maximum Gasteiger partial charge on any atom is 0.268 e. The Balaban J connectivity index is 2.17. The van der Waals surface area contributed by atoms with Crippen LogP contribution in [0.5, 0.6) is 5.75 Å². The highest BCUT2D eigenvalue weighted by Gasteiger charge is 2.28. The highest BCUT2D eigenvalue weighted by molar-refractivity contribution is 7.12. The van der Waals surface area contributed by atoms with E-state index in [0.29, 0.717) is 11.8 Å². The first-order chi connectivity index (χ1) is 8.77. The summed E-state index contributed by atoms with van der Waals surface area (Å²) in [5, 5.41) is 5.22. The van der Waals surface area contributed by atoms with Gasteiger partial charge in [0.1, 0.15) is 10.6 Å². The minimum Gasteiger partial charge on any atom is -0.495 e. The molecule has 1 unspecified atom stereocenters. The average Bonchev–Trinajstić information content (AvgIpc) is 3.05. The van der Waals surface area contributed by atoms with E-state index in [1.807, 2.05) is 16.3 Å². The van der Waals surface area contributed by atoms with Crippen molar-refractivity contribution in [2.24, 2.45) is 0 Å². The van der Waals surface area contributed by atoms with Crippen molar-refractivity contribution in [3.63, 3.8) is 0 Å². The van der Waals surface area contributed by atoms with Crippen molar-refractivity contribution < 1.29 is 9.53 Å². The highest BCUT2D eigenvalue weighted by Crippen LogP contribution is 2.27. The van der Waals surface area contributed by atoms with Crippen LogP contribution in [-0.4, -0.2) is 43.6 Å². The third kappa shape index (κ3) is 2.67. The molecule has 1 aromatic rings. The predicted molar refractivity (Wildman–Crippen MR) is 73.5 cm³/mol. The topological polar surface area (TPSA) is 41.6 Å². The van der Waals surface area contributed by atoms with E-state index in [2.05, 4.69) is 12.2 Å². The molecule has 1 aliphatic heterocycles. The van der Waals surface area contributed by atoms with Crippen molar-refractivity contribution in [2.75, 3.05) is 26.7 Å². The Morgan fingerprint density at radius 2 is 2.50 bits per heavy atom. The summed E-state index contributed by atoms with van der Waals surface area (Å²) >= 11 is 1.46. The molecule has 100 valence electrons. The molecule has 1 aliphatic rings. The molecule has 18 heavy (non-hydrogen) atoms. The Bertz CT molecular complexity index is 399. The third-order valence-electron chi connectivity index (χ3n) is 3.24. The van der Waals surface area contributed by atoms with Crippen LogP contribution in [-0.2, 0) is 0 Å². The quantitative estimate of drug-likeness (QED) is 0.887. The lowest BCUT2D eigenvalue weighted by Gasteiger charge is -2.28. The maximum atomic E-state index is 12.6. The molecule has 1 amide bonds. The second-order valence-corrected chi connectivity index (χ2v) is 5.38. The van der Waals surface area contributed by atoms with Crippen LogP contribution in [0, 0.1) is 0 Å². The number of nitrogens with one attached hydrogen (secondary N) is 1. The van der Waals surface area contributed by atoms with Crippen LogP contribution >= 0.6 is 11.3 Å². The van der Waals surface area contributed by atoms with Gasteiger partial charge in [-0.1, -0.05) is 6.92 Å². The fraction of sp³-hybridized carbons (Fsp3) is 0.615. The number of carbonyl (C=O) groups excluding carboxylic acids is 1. The predicted octanol–water partition coefficient (Wildman–Crippen LogP) is 1.97. The van der Waals surface area contributed by atoms with E-state index in [0.717, 1.165) is 37.4 Å². The van der Waals surface area contributed by atoms with Gasteiger partial charge in [-0.2, -0.15) is 0 Å². The van der Waals surface area contributed by atoms with Gasteiger partial charge in [-0.25, -0.2) is 0 Å². The van der Waals surface area contributed by atoms with Gasteiger partial charge in [-0.05, 0) is 30.8 Å². The van der Waals surface area contributed by atoms with Crippen LogP contribution in [0.25, 0.3) is 0 Å². The monoisotopic (exact) mass is 268 g/mol. The molecule has 0 radical (unpaired) electrons. The fourth-order valence-corrected chi connectivity index (χ4v) is 3.15. The van der Waals surface area contributed by atoms with Crippen LogP contribution in [0.1, 0.15) is 29.4 Å². The zero-order chi connectivity index (χ0) is 13.0. The van der Waals surface area contributed by atoms with E-state index in [-0.39, 0.29) is 5.91 Å². The Morgan fingerprint density at radius 1 is 1.67 bits per heavy atom. The summed E-state index contributed by atoms with van der Waals surface area (Å²) in [4.78, 5) is 15.3. The number of amides is 1. The highest BCUT2D eigenvalue weighted by atomic mass is 32.1. The van der Waals surface area contributed by atoms with Crippen LogP contribution < -0.4 is 10.1 Å². The number of ether oxygens (including phenoxy) is 1. The number of hydrogen-bond acceptors (Lipinski definition) is 4. The number of methoxy groups -OCH3 is 1. The molecule has 1 aromatic heterocycles. The first-order valence-electron chi connectivity index (χ1n) is 6.41. The number of nitrogens with zero attached hydrogens (tertiary/aromatic N) is 1. The van der Waals surface area contributed by atoms with Gasteiger partial charge >= 0.3 is 0 Å². The van der Waals surface area contributed by atoms with E-state index in [9.17, 15) is 4.79 Å². The van der Waals surface area contributed by atoms with Crippen LogP contribution in [0.4, 0.5) is 0 Å². The zero-order valence-corrected chi connectivity index (χ0v) is 11.8. The van der Waals surface area contributed by atoms with E-state index < -0.39 is 0 Å². The van der Waals surface area contributed by atoms with Gasteiger partial charge in [0.2, 0.25) is 0 Å². The van der Waals surface area contributed by atoms with Gasteiger partial charge in [-0.15, -0.1) is 11.3 Å². The van der Waals surface area contributed by atoms with Crippen molar-refractivity contribution in [2.45, 2.75) is 25.8 Å². The van der Waals surface area contributed by atoms with Crippen LogP contribution in [0.3, 0.4) is 0 Å². The Morgan fingerprint density at radius 3 is 3.11 bits per heavy atom. The minimum absolute atomic E-state index is 0.109. The summed E-state index contributed by atoms with van der Waals surface area (Å²) in [5.74, 6) is 0.800. The molecule has 0 saturated carbocycles. The molecular formula is C13H20N2O2S. The molecule has 1 fully saturated rings. The lowest BCUT2D eigenvalue weighted by atomic mass is 10.2. The zero-order valence-electron chi connectivity index (χ0n) is 10.9. The van der Waals surface area contributed by atoms with Gasteiger partial charge in [0.25, 0.3) is 5.91 Å². The molecule has 0 bridgehead atoms. The molecule has 0 spiro atoms. The van der Waals surface area contributed by atoms with Crippen LogP contribution in [0.2, 0.25) is 0 Å². The lowest BCUT2D eigenvalue weighted by molar-refractivity contribution is 0.0694. The summed E-state index contributed by atoms with van der Waals surface area (Å²) in [6.45, 7) is 4.82. The first-order valence-corrected chi connectivity index (χ1v) is 7.29. The van der Waals surface area contributed by atoms with Gasteiger partial charge in [-0.3, -0.25) is 4.79 Å². The smallest absolute Gasteiger partial charge is 0.268 e. The van der Waals surface area contributed by atoms with Crippen molar-refractivity contribution in [1.82, 2.24) is 10.2 Å². The Kier molecular flexibility index (Phi) is 4.60. The normalized spacial score (nSPS) is 18.9. The van der Waals surface area contributed by atoms with Crippen LogP contribution in [0.15, 0.2) is 11.4 Å². The largest absolute Gasteiger partial charge is 0.495 e. The van der Waals surface area contributed by atoms with Crippen molar-refractivity contribution in [3.05, 3.63) is 16.3 Å². The fourth-order valence-electron chi connectivity index (χ4n) is 2.34. The Hall–Kier alpha value is -1.07. The second kappa shape index (κ2) is 6.20. The Labute approximate surface area is 112 Å². The van der Waals surface area contributed by atoms with Gasteiger partial charge in [0, 0.05) is 19.1 Å². The maximum absolute atomic E-state index is 12.6. The van der Waals surface area contributed by atoms with E-state index in [1.165, 1.54) is 11.3 Å². The third-order valence-corrected chi connectivity index (χ3v) is 4.13. The summed E-state index contributed by atoms with van der Waals surface area (Å²) < 4.78 is 5.24. The van der Waals surface area contributed by atoms with Gasteiger partial charge in [0.15, 0.2) is 0 Å². The van der Waals surface area contributed by atoms with E-state index >= 15 is 0 Å². The molecule has 4 nitrogen and oxygen atoms in total. The molecule has 1 N–H and O–H groups in total. The summed E-state index contributed by atoms with van der Waals surface area (Å²) in [6, 6.07) is 2.18. The molecule has 5 heteroatoms. The number of rotatable bonds is 5. The molecule has 0 aliphatic carbocycles. The van der Waals surface area contributed by atoms with Crippen molar-refractivity contribution in [1.29, 1.82) is 0 Å². The lowest BCUT2D eigenvalue weighted by Crippen LogP contribution is -2.41. The molecule has 2 rings (SSSR count). The number of hydrogen-bond donors (Lipinski definition) is 1. The first kappa shape index (κ1) is 13.4. The molecule has 2 heterocycles. The van der Waals surface area contributed by atoms with E-state index in [4.69, 9.17) is 4.74 Å². The molecule has 1 atom stereocenters.